The van der Waals surface area contributed by atoms with Gasteiger partial charge in [0.15, 0.2) is 0 Å². The maximum Gasteiger partial charge on any atom is 0.407 e. The third kappa shape index (κ3) is 9.53. The third-order valence-corrected chi connectivity index (χ3v) is 8.92. The summed E-state index contributed by atoms with van der Waals surface area (Å²) in [6.45, 7) is 6.52. The van der Waals surface area contributed by atoms with Crippen molar-refractivity contribution in [3.8, 4) is 0 Å². The molecule has 2 heterocycles. The van der Waals surface area contributed by atoms with Crippen molar-refractivity contribution in [1.29, 1.82) is 0 Å². The second kappa shape index (κ2) is 13.4. The molecular formula is C22H38N4O6S2. The summed E-state index contributed by atoms with van der Waals surface area (Å²) in [6, 6.07) is -0.514. The molecule has 1 spiro atoms. The second-order valence-corrected chi connectivity index (χ2v) is 12.7. The molecule has 12 heteroatoms. The maximum absolute atomic E-state index is 13.0. The van der Waals surface area contributed by atoms with Crippen molar-refractivity contribution >= 4 is 47.3 Å². The molecule has 0 aromatic heterocycles. The molecule has 0 unspecified atom stereocenters. The van der Waals surface area contributed by atoms with E-state index in [1.54, 1.807) is 31.2 Å². The van der Waals surface area contributed by atoms with Crippen molar-refractivity contribution in [1.82, 2.24) is 21.0 Å². The van der Waals surface area contributed by atoms with E-state index in [0.29, 0.717) is 25.9 Å². The van der Waals surface area contributed by atoms with Crippen LogP contribution in [0.15, 0.2) is 0 Å². The van der Waals surface area contributed by atoms with Gasteiger partial charge < -0.3 is 20.3 Å². The smallest absolute Gasteiger partial charge is 0.407 e. The van der Waals surface area contributed by atoms with Gasteiger partial charge in [0, 0.05) is 50.4 Å². The number of carbonyl (C=O) groups is 4. The molecule has 1 atom stereocenters. The molecule has 4 amide bonds. The number of unbranched alkanes of at least 4 members (excludes halogenated alkanes) is 3. The molecule has 0 saturated carbocycles. The molecule has 2 rings (SSSR count). The number of ether oxygens (including phenoxy) is 1. The van der Waals surface area contributed by atoms with Crippen molar-refractivity contribution in [2.24, 2.45) is 0 Å². The topological polar surface area (TPSA) is 137 Å². The van der Waals surface area contributed by atoms with Gasteiger partial charge in [-0.3, -0.25) is 19.6 Å². The monoisotopic (exact) mass is 518 g/mol. The minimum Gasteiger partial charge on any atom is -0.444 e. The molecule has 0 bridgehead atoms. The zero-order valence-corrected chi connectivity index (χ0v) is 21.9. The van der Waals surface area contributed by atoms with Gasteiger partial charge in [0.05, 0.1) is 4.08 Å². The maximum atomic E-state index is 13.0. The van der Waals surface area contributed by atoms with Crippen LogP contribution in [-0.4, -0.2) is 80.8 Å². The van der Waals surface area contributed by atoms with Crippen LogP contribution in [0.4, 0.5) is 4.79 Å². The highest BCUT2D eigenvalue weighted by atomic mass is 32.2. The van der Waals surface area contributed by atoms with Crippen LogP contribution in [0.3, 0.4) is 0 Å². The van der Waals surface area contributed by atoms with Gasteiger partial charge in [0.1, 0.15) is 11.6 Å². The summed E-state index contributed by atoms with van der Waals surface area (Å²) >= 11 is 3.64. The summed E-state index contributed by atoms with van der Waals surface area (Å²) < 4.78 is 5.07. The standard InChI is InChI=1S/C22H38N4O6S2/c1-21(2,3)32-20(30)24-11-9-18(28)26-15-22(33-12-13-34-22)14-16(26)19(29)23-10-7-5-4-6-8-17(27)25-31/h16,31H,4-15H2,1-3H3,(H,23,29)(H,24,30)(H,25,27)/t16-/m0/s1. The highest BCUT2D eigenvalue weighted by molar-refractivity contribution is 8.21. The van der Waals surface area contributed by atoms with Crippen molar-refractivity contribution < 1.29 is 29.1 Å². The second-order valence-electron chi connectivity index (χ2n) is 9.52. The number of alkyl carbamates (subject to hydrolysis) is 1. The lowest BCUT2D eigenvalue weighted by molar-refractivity contribution is -0.138. The minimum atomic E-state index is -0.608. The summed E-state index contributed by atoms with van der Waals surface area (Å²) in [5.74, 6) is 1.34. The molecule has 0 aromatic rings. The molecule has 34 heavy (non-hydrogen) atoms. The van der Waals surface area contributed by atoms with Gasteiger partial charge in [0.25, 0.3) is 0 Å². The lowest BCUT2D eigenvalue weighted by Crippen LogP contribution is -2.47. The Bertz CT molecular complexity index is 725. The lowest BCUT2D eigenvalue weighted by atomic mass is 10.1. The Morgan fingerprint density at radius 1 is 1.00 bits per heavy atom. The van der Waals surface area contributed by atoms with Crippen molar-refractivity contribution in [3.05, 3.63) is 0 Å². The Kier molecular flexibility index (Phi) is 11.3. The Morgan fingerprint density at radius 3 is 2.32 bits per heavy atom. The minimum absolute atomic E-state index is 0.107. The zero-order valence-electron chi connectivity index (χ0n) is 20.3. The van der Waals surface area contributed by atoms with Gasteiger partial charge in [-0.2, -0.15) is 0 Å². The van der Waals surface area contributed by atoms with Gasteiger partial charge in [0.2, 0.25) is 17.7 Å². The molecule has 4 N–H and O–H groups in total. The number of hydrogen-bond acceptors (Lipinski definition) is 8. The summed E-state index contributed by atoms with van der Waals surface area (Å²) in [7, 11) is 0. The Morgan fingerprint density at radius 2 is 1.68 bits per heavy atom. The molecule has 0 radical (unpaired) electrons. The Labute approximate surface area is 210 Å². The lowest BCUT2D eigenvalue weighted by Gasteiger charge is -2.25. The Hall–Kier alpha value is -1.66. The first kappa shape index (κ1) is 28.6. The molecule has 0 aromatic carbocycles. The van der Waals surface area contributed by atoms with Gasteiger partial charge >= 0.3 is 6.09 Å². The van der Waals surface area contributed by atoms with Crippen LogP contribution in [0.2, 0.25) is 0 Å². The fourth-order valence-electron chi connectivity index (χ4n) is 3.92. The van der Waals surface area contributed by atoms with Gasteiger partial charge in [-0.25, -0.2) is 10.3 Å². The third-order valence-electron chi connectivity index (χ3n) is 5.49. The quantitative estimate of drug-likeness (QED) is 0.186. The molecular weight excluding hydrogens is 480 g/mol. The van der Waals surface area contributed by atoms with E-state index in [9.17, 15) is 19.2 Å². The average Bonchev–Trinajstić information content (AvgIpc) is 3.38. The SMILES string of the molecule is CC(C)(C)OC(=O)NCCC(=O)N1CC2(C[C@H]1C(=O)NCCCCCCC(=O)NO)SCCS2. The fraction of sp³-hybridized carbons (Fsp3) is 0.818. The number of hydrogen-bond donors (Lipinski definition) is 4. The number of amides is 4. The first-order valence-corrected chi connectivity index (χ1v) is 13.8. The van der Waals surface area contributed by atoms with Crippen LogP contribution >= 0.6 is 23.5 Å². The number of nitrogens with one attached hydrogen (secondary N) is 3. The van der Waals surface area contributed by atoms with E-state index in [-0.39, 0.29) is 35.3 Å². The van der Waals surface area contributed by atoms with Gasteiger partial charge in [-0.05, 0) is 33.6 Å². The summed E-state index contributed by atoms with van der Waals surface area (Å²) in [5.41, 5.74) is 1.01. The van der Waals surface area contributed by atoms with E-state index in [2.05, 4.69) is 10.6 Å². The molecule has 10 nitrogen and oxygen atoms in total. The number of likely N-dealkylation sites (tertiary alicyclic amines) is 1. The molecule has 194 valence electrons. The summed E-state index contributed by atoms with van der Waals surface area (Å²) in [6.07, 6.45) is 3.59. The number of rotatable bonds is 11. The van der Waals surface area contributed by atoms with Crippen molar-refractivity contribution in [2.75, 3.05) is 31.1 Å². The fourth-order valence-corrected chi connectivity index (χ4v) is 7.18. The summed E-state index contributed by atoms with van der Waals surface area (Å²) in [5, 5.41) is 14.1. The van der Waals surface area contributed by atoms with Crippen molar-refractivity contribution in [3.63, 3.8) is 0 Å². The summed E-state index contributed by atoms with van der Waals surface area (Å²) in [4.78, 5) is 50.5. The van der Waals surface area contributed by atoms with Crippen LogP contribution in [0, 0.1) is 0 Å². The highest BCUT2D eigenvalue weighted by Gasteiger charge is 2.50. The number of hydroxylamine groups is 1. The van der Waals surface area contributed by atoms with E-state index in [1.165, 1.54) is 0 Å². The average molecular weight is 519 g/mol. The van der Waals surface area contributed by atoms with Crippen molar-refractivity contribution in [2.45, 2.75) is 81.4 Å². The van der Waals surface area contributed by atoms with E-state index in [0.717, 1.165) is 30.8 Å². The number of nitrogens with zero attached hydrogens (tertiary/aromatic N) is 1. The van der Waals surface area contributed by atoms with E-state index in [4.69, 9.17) is 9.94 Å². The van der Waals surface area contributed by atoms with E-state index >= 15 is 0 Å². The predicted molar refractivity (Wildman–Crippen MR) is 133 cm³/mol. The normalized spacial score (nSPS) is 19.2. The molecule has 0 aliphatic carbocycles. The van der Waals surface area contributed by atoms with Crippen LogP contribution < -0.4 is 16.1 Å². The van der Waals surface area contributed by atoms with Crippen LogP contribution in [0.5, 0.6) is 0 Å². The van der Waals surface area contributed by atoms with Gasteiger partial charge in [-0.1, -0.05) is 12.8 Å². The molecule has 2 fully saturated rings. The molecule has 2 saturated heterocycles. The van der Waals surface area contributed by atoms with E-state index < -0.39 is 23.6 Å². The Balaban J connectivity index is 1.80. The first-order chi connectivity index (χ1) is 16.1. The van der Waals surface area contributed by atoms with Crippen LogP contribution in [0.1, 0.15) is 65.7 Å². The number of thioether (sulfide) groups is 2. The predicted octanol–water partition coefficient (Wildman–Crippen LogP) is 2.25. The molecule has 2 aliphatic heterocycles. The van der Waals surface area contributed by atoms with Crippen LogP contribution in [-0.2, 0) is 19.1 Å². The largest absolute Gasteiger partial charge is 0.444 e. The van der Waals surface area contributed by atoms with E-state index in [1.807, 2.05) is 23.5 Å². The van der Waals surface area contributed by atoms with Crippen LogP contribution in [0.25, 0.3) is 0 Å². The molecule has 2 aliphatic rings. The highest BCUT2D eigenvalue weighted by Crippen LogP contribution is 2.51. The first-order valence-electron chi connectivity index (χ1n) is 11.8. The number of carbonyl (C=O) groups excluding carboxylic acids is 4. The zero-order chi connectivity index (χ0) is 25.2. The van der Waals surface area contributed by atoms with Gasteiger partial charge in [-0.15, -0.1) is 23.5 Å².